The molecule has 35 heavy (non-hydrogen) atoms. The number of unbranched alkanes of at least 4 members (excludes halogenated alkanes) is 5. The minimum Gasteiger partial charge on any atom is -0.344 e. The van der Waals surface area contributed by atoms with E-state index in [0.29, 0.717) is 36.8 Å². The highest BCUT2D eigenvalue weighted by Gasteiger charge is 2.35. The molecule has 4 amide bonds. The van der Waals surface area contributed by atoms with Gasteiger partial charge in [0.1, 0.15) is 6.04 Å². The van der Waals surface area contributed by atoms with Crippen LogP contribution in [0.3, 0.4) is 0 Å². The first-order chi connectivity index (χ1) is 16.8. The Balaban J connectivity index is 1.88. The van der Waals surface area contributed by atoms with E-state index in [9.17, 15) is 14.4 Å². The predicted octanol–water partition coefficient (Wildman–Crippen LogP) is 5.69. The van der Waals surface area contributed by atoms with Gasteiger partial charge < -0.3 is 20.4 Å². The van der Waals surface area contributed by atoms with Gasteiger partial charge in [-0.2, -0.15) is 0 Å². The number of urea groups is 1. The standard InChI is InChI=1S/C27H43ClN4O3/c1-5-7-8-9-10-11-12-24(33)30-25(20(3)6-2)26(34)31-17-18-32(21(4)19-31)27(35)29-23-15-13-22(28)14-16-23/h13-16,20-21,25H,5-12,17-19H2,1-4H3,(H,29,35)(H,30,33). The zero-order valence-electron chi connectivity index (χ0n) is 21.8. The topological polar surface area (TPSA) is 81.8 Å². The second-order valence-corrected chi connectivity index (χ2v) is 10.1. The highest BCUT2D eigenvalue weighted by molar-refractivity contribution is 6.30. The average Bonchev–Trinajstić information content (AvgIpc) is 2.85. The van der Waals surface area contributed by atoms with E-state index in [1.54, 1.807) is 34.1 Å². The number of nitrogens with one attached hydrogen (secondary N) is 2. The summed E-state index contributed by atoms with van der Waals surface area (Å²) in [5.74, 6) is -0.0639. The van der Waals surface area contributed by atoms with Crippen molar-refractivity contribution >= 4 is 35.1 Å². The monoisotopic (exact) mass is 506 g/mol. The van der Waals surface area contributed by atoms with Gasteiger partial charge in [-0.05, 0) is 43.5 Å². The molecule has 0 radical (unpaired) electrons. The summed E-state index contributed by atoms with van der Waals surface area (Å²) in [6.45, 7) is 9.49. The molecule has 3 unspecified atom stereocenters. The second kappa shape index (κ2) is 15.0. The van der Waals surface area contributed by atoms with Crippen molar-refractivity contribution in [1.29, 1.82) is 0 Å². The van der Waals surface area contributed by atoms with Crippen molar-refractivity contribution in [1.82, 2.24) is 15.1 Å². The summed E-state index contributed by atoms with van der Waals surface area (Å²) in [4.78, 5) is 42.3. The van der Waals surface area contributed by atoms with Crippen LogP contribution in [-0.4, -0.2) is 59.4 Å². The lowest BCUT2D eigenvalue weighted by molar-refractivity contribution is -0.139. The molecule has 1 aromatic rings. The second-order valence-electron chi connectivity index (χ2n) is 9.71. The van der Waals surface area contributed by atoms with Crippen molar-refractivity contribution in [2.24, 2.45) is 5.92 Å². The number of hydrogen-bond acceptors (Lipinski definition) is 3. The van der Waals surface area contributed by atoms with E-state index in [2.05, 4.69) is 17.6 Å². The molecule has 1 saturated heterocycles. The highest BCUT2D eigenvalue weighted by Crippen LogP contribution is 2.19. The quantitative estimate of drug-likeness (QED) is 0.357. The number of halogens is 1. The van der Waals surface area contributed by atoms with E-state index in [-0.39, 0.29) is 29.8 Å². The smallest absolute Gasteiger partial charge is 0.322 e. The molecule has 196 valence electrons. The first kappa shape index (κ1) is 29.0. The molecule has 0 aromatic heterocycles. The largest absolute Gasteiger partial charge is 0.344 e. The van der Waals surface area contributed by atoms with E-state index in [0.717, 1.165) is 25.7 Å². The maximum Gasteiger partial charge on any atom is 0.322 e. The number of piperazine rings is 1. The minimum absolute atomic E-state index is 0.0394. The van der Waals surface area contributed by atoms with Gasteiger partial charge in [-0.15, -0.1) is 0 Å². The summed E-state index contributed by atoms with van der Waals surface area (Å²) in [7, 11) is 0. The summed E-state index contributed by atoms with van der Waals surface area (Å²) in [5, 5.41) is 6.52. The van der Waals surface area contributed by atoms with E-state index >= 15 is 0 Å². The molecule has 1 heterocycles. The van der Waals surface area contributed by atoms with E-state index in [4.69, 9.17) is 11.6 Å². The maximum atomic E-state index is 13.4. The van der Waals surface area contributed by atoms with Crippen LogP contribution in [0.25, 0.3) is 0 Å². The van der Waals surface area contributed by atoms with Crippen LogP contribution in [0, 0.1) is 5.92 Å². The molecule has 2 rings (SSSR count). The van der Waals surface area contributed by atoms with Gasteiger partial charge in [0, 0.05) is 42.8 Å². The molecule has 3 atom stereocenters. The first-order valence-electron chi connectivity index (χ1n) is 13.2. The van der Waals surface area contributed by atoms with Gasteiger partial charge >= 0.3 is 6.03 Å². The fourth-order valence-electron chi connectivity index (χ4n) is 4.38. The van der Waals surface area contributed by atoms with Crippen molar-refractivity contribution in [3.05, 3.63) is 29.3 Å². The van der Waals surface area contributed by atoms with Crippen LogP contribution in [0.1, 0.15) is 79.1 Å². The van der Waals surface area contributed by atoms with Gasteiger partial charge in [-0.3, -0.25) is 9.59 Å². The summed E-state index contributed by atoms with van der Waals surface area (Å²) >= 11 is 5.92. The molecule has 0 saturated carbocycles. The molecule has 2 N–H and O–H groups in total. The van der Waals surface area contributed by atoms with Gasteiger partial charge in [0.25, 0.3) is 0 Å². The third-order valence-corrected chi connectivity index (χ3v) is 7.10. The molecule has 0 bridgehead atoms. The molecule has 1 aromatic carbocycles. The number of nitrogens with zero attached hydrogens (tertiary/aromatic N) is 2. The van der Waals surface area contributed by atoms with Gasteiger partial charge in [0.2, 0.25) is 11.8 Å². The summed E-state index contributed by atoms with van der Waals surface area (Å²) in [6, 6.07) is 6.10. The predicted molar refractivity (Wildman–Crippen MR) is 143 cm³/mol. The number of hydrogen-bond donors (Lipinski definition) is 2. The lowest BCUT2D eigenvalue weighted by Crippen LogP contribution is -2.60. The van der Waals surface area contributed by atoms with Gasteiger partial charge in [-0.25, -0.2) is 4.79 Å². The van der Waals surface area contributed by atoms with Crippen LogP contribution < -0.4 is 10.6 Å². The average molecular weight is 507 g/mol. The van der Waals surface area contributed by atoms with E-state index in [1.807, 2.05) is 20.8 Å². The lowest BCUT2D eigenvalue weighted by Gasteiger charge is -2.41. The SMILES string of the molecule is CCCCCCCCC(=O)NC(C(=O)N1CCN(C(=O)Nc2ccc(Cl)cc2)C(C)C1)C(C)CC. The van der Waals surface area contributed by atoms with Gasteiger partial charge in [0.05, 0.1) is 0 Å². The van der Waals surface area contributed by atoms with Crippen molar-refractivity contribution in [3.63, 3.8) is 0 Å². The Hall–Kier alpha value is -2.28. The van der Waals surface area contributed by atoms with Crippen LogP contribution in [0.5, 0.6) is 0 Å². The van der Waals surface area contributed by atoms with Gasteiger partial charge in [0.15, 0.2) is 0 Å². The summed E-state index contributed by atoms with van der Waals surface area (Å²) < 4.78 is 0. The number of amides is 4. The Morgan fingerprint density at radius 3 is 2.31 bits per heavy atom. The summed E-state index contributed by atoms with van der Waals surface area (Å²) in [5.41, 5.74) is 0.676. The fraction of sp³-hybridized carbons (Fsp3) is 0.667. The minimum atomic E-state index is -0.533. The molecule has 1 aliphatic heterocycles. The Bertz CT molecular complexity index is 817. The van der Waals surface area contributed by atoms with Crippen LogP contribution in [0.15, 0.2) is 24.3 Å². The number of carbonyl (C=O) groups excluding carboxylic acids is 3. The van der Waals surface area contributed by atoms with Gasteiger partial charge in [-0.1, -0.05) is 70.9 Å². The molecule has 0 spiro atoms. The molecule has 1 aliphatic rings. The van der Waals surface area contributed by atoms with E-state index < -0.39 is 6.04 Å². The molecule has 1 fully saturated rings. The zero-order valence-corrected chi connectivity index (χ0v) is 22.6. The van der Waals surface area contributed by atoms with Crippen molar-refractivity contribution in [3.8, 4) is 0 Å². The lowest BCUT2D eigenvalue weighted by atomic mass is 9.96. The van der Waals surface area contributed by atoms with Crippen molar-refractivity contribution in [2.45, 2.75) is 91.1 Å². The normalized spacial score (nSPS) is 17.6. The zero-order chi connectivity index (χ0) is 25.8. The van der Waals surface area contributed by atoms with E-state index in [1.165, 1.54) is 19.3 Å². The molecule has 7 nitrogen and oxygen atoms in total. The molecular formula is C27H43ClN4O3. The van der Waals surface area contributed by atoms with Crippen LogP contribution in [-0.2, 0) is 9.59 Å². The number of anilines is 1. The number of carbonyl (C=O) groups is 3. The Kier molecular flexibility index (Phi) is 12.4. The molecule has 0 aliphatic carbocycles. The Morgan fingerprint density at radius 2 is 1.69 bits per heavy atom. The fourth-order valence-corrected chi connectivity index (χ4v) is 4.51. The Labute approximate surface area is 215 Å². The van der Waals surface area contributed by atoms with Crippen molar-refractivity contribution < 1.29 is 14.4 Å². The highest BCUT2D eigenvalue weighted by atomic mass is 35.5. The summed E-state index contributed by atoms with van der Waals surface area (Å²) in [6.07, 6.45) is 7.98. The third kappa shape index (κ3) is 9.36. The van der Waals surface area contributed by atoms with Crippen molar-refractivity contribution in [2.75, 3.05) is 25.0 Å². The third-order valence-electron chi connectivity index (χ3n) is 6.85. The first-order valence-corrected chi connectivity index (χ1v) is 13.6. The maximum absolute atomic E-state index is 13.4. The molecule has 8 heteroatoms. The molecular weight excluding hydrogens is 464 g/mol. The van der Waals surface area contributed by atoms with Crippen LogP contribution >= 0.6 is 11.6 Å². The Morgan fingerprint density at radius 1 is 1.03 bits per heavy atom. The number of benzene rings is 1. The van der Waals surface area contributed by atoms with Crippen LogP contribution in [0.4, 0.5) is 10.5 Å². The van der Waals surface area contributed by atoms with Crippen LogP contribution in [0.2, 0.25) is 5.02 Å². The number of rotatable bonds is 12.